The van der Waals surface area contributed by atoms with Gasteiger partial charge in [-0.3, -0.25) is 4.79 Å². The van der Waals surface area contributed by atoms with Crippen LogP contribution in [-0.4, -0.2) is 11.6 Å². The molecule has 1 aliphatic carbocycles. The lowest BCUT2D eigenvalue weighted by atomic mass is 9.85. The normalized spacial score (nSPS) is 20.3. The molecule has 0 aromatic rings. The van der Waals surface area contributed by atoms with E-state index in [0.29, 0.717) is 31.0 Å². The lowest BCUT2D eigenvalue weighted by molar-refractivity contribution is -0.123. The number of ketones is 2. The molecule has 1 saturated carbocycles. The third-order valence-corrected chi connectivity index (χ3v) is 2.24. The van der Waals surface area contributed by atoms with Gasteiger partial charge in [0.25, 0.3) is 0 Å². The van der Waals surface area contributed by atoms with Crippen molar-refractivity contribution in [3.8, 4) is 0 Å². The lowest BCUT2D eigenvalue weighted by Crippen LogP contribution is -2.15. The van der Waals surface area contributed by atoms with E-state index in [-0.39, 0.29) is 5.78 Å². The molecule has 0 unspecified atom stereocenters. The first-order valence-electron chi connectivity index (χ1n) is 4.19. The maximum absolute atomic E-state index is 10.8. The van der Waals surface area contributed by atoms with Crippen molar-refractivity contribution in [1.29, 1.82) is 0 Å². The molecule has 1 fully saturated rings. The number of hydrogen-bond acceptors (Lipinski definition) is 2. The minimum Gasteiger partial charge on any atom is -0.300 e. The van der Waals surface area contributed by atoms with Gasteiger partial charge >= 0.3 is 0 Å². The molecule has 0 spiro atoms. The molecule has 0 aliphatic heterocycles. The first kappa shape index (κ1) is 8.44. The van der Waals surface area contributed by atoms with Gasteiger partial charge in [-0.05, 0) is 25.7 Å². The van der Waals surface area contributed by atoms with E-state index in [9.17, 15) is 9.59 Å². The summed E-state index contributed by atoms with van der Waals surface area (Å²) in [6.07, 6.45) is 3.92. The van der Waals surface area contributed by atoms with E-state index in [1.165, 1.54) is 0 Å². The highest BCUT2D eigenvalue weighted by Gasteiger charge is 2.19. The van der Waals surface area contributed by atoms with Crippen molar-refractivity contribution < 1.29 is 9.59 Å². The largest absolute Gasteiger partial charge is 0.300 e. The van der Waals surface area contributed by atoms with Crippen LogP contribution in [0.25, 0.3) is 0 Å². The van der Waals surface area contributed by atoms with Crippen molar-refractivity contribution in [3.63, 3.8) is 0 Å². The summed E-state index contributed by atoms with van der Waals surface area (Å²) in [7, 11) is 0. The molecule has 0 atom stereocenters. The molecular formula is C9H14O2. The summed E-state index contributed by atoms with van der Waals surface area (Å²) in [6, 6.07) is 0. The van der Waals surface area contributed by atoms with Crippen LogP contribution in [0.3, 0.4) is 0 Å². The maximum atomic E-state index is 10.8. The zero-order valence-electron chi connectivity index (χ0n) is 6.93. The summed E-state index contributed by atoms with van der Waals surface area (Å²) < 4.78 is 0. The van der Waals surface area contributed by atoms with Gasteiger partial charge in [0.2, 0.25) is 0 Å². The Balaban J connectivity index is 2.28. The standard InChI is InChI=1S/C9H14O2/c1-7(10)6-8-2-4-9(11)5-3-8/h8H,2-6H2,1H3. The summed E-state index contributed by atoms with van der Waals surface area (Å²) in [5, 5.41) is 0. The Hall–Kier alpha value is -0.660. The predicted molar refractivity (Wildman–Crippen MR) is 42.3 cm³/mol. The molecule has 0 aromatic heterocycles. The molecule has 0 radical (unpaired) electrons. The summed E-state index contributed by atoms with van der Waals surface area (Å²) in [6.45, 7) is 1.62. The monoisotopic (exact) mass is 154 g/mol. The van der Waals surface area contributed by atoms with Gasteiger partial charge in [-0.15, -0.1) is 0 Å². The third kappa shape index (κ3) is 2.83. The molecule has 1 aliphatic rings. The van der Waals surface area contributed by atoms with E-state index in [4.69, 9.17) is 0 Å². The van der Waals surface area contributed by atoms with Crippen LogP contribution in [0.15, 0.2) is 0 Å². The molecule has 11 heavy (non-hydrogen) atoms. The molecule has 0 saturated heterocycles. The third-order valence-electron chi connectivity index (χ3n) is 2.24. The fourth-order valence-electron chi connectivity index (χ4n) is 1.61. The second kappa shape index (κ2) is 3.65. The van der Waals surface area contributed by atoms with Gasteiger partial charge in [0, 0.05) is 19.3 Å². The van der Waals surface area contributed by atoms with E-state index in [1.807, 2.05) is 0 Å². The first-order valence-corrected chi connectivity index (χ1v) is 4.19. The van der Waals surface area contributed by atoms with Crippen LogP contribution in [0.4, 0.5) is 0 Å². The van der Waals surface area contributed by atoms with E-state index in [1.54, 1.807) is 6.92 Å². The molecule has 0 heterocycles. The van der Waals surface area contributed by atoms with E-state index in [2.05, 4.69) is 0 Å². The Labute approximate surface area is 67.0 Å². The van der Waals surface area contributed by atoms with Crippen LogP contribution in [0.2, 0.25) is 0 Å². The van der Waals surface area contributed by atoms with Crippen molar-refractivity contribution in [3.05, 3.63) is 0 Å². The van der Waals surface area contributed by atoms with Crippen LogP contribution in [0, 0.1) is 5.92 Å². The number of Topliss-reactive ketones (excluding diaryl/α,β-unsaturated/α-hetero) is 2. The van der Waals surface area contributed by atoms with Crippen LogP contribution in [-0.2, 0) is 9.59 Å². The molecule has 0 bridgehead atoms. The average molecular weight is 154 g/mol. The second-order valence-electron chi connectivity index (χ2n) is 3.39. The van der Waals surface area contributed by atoms with Crippen molar-refractivity contribution >= 4 is 11.6 Å². The Morgan fingerprint density at radius 3 is 2.45 bits per heavy atom. The van der Waals surface area contributed by atoms with Gasteiger partial charge in [-0.25, -0.2) is 0 Å². The molecule has 62 valence electrons. The molecule has 2 nitrogen and oxygen atoms in total. The van der Waals surface area contributed by atoms with E-state index < -0.39 is 0 Å². The first-order chi connectivity index (χ1) is 5.18. The highest BCUT2D eigenvalue weighted by Crippen LogP contribution is 2.24. The van der Waals surface area contributed by atoms with Gasteiger partial charge in [0.05, 0.1) is 0 Å². The van der Waals surface area contributed by atoms with Gasteiger partial charge in [0.1, 0.15) is 11.6 Å². The number of rotatable bonds is 2. The topological polar surface area (TPSA) is 34.1 Å². The van der Waals surface area contributed by atoms with Crippen LogP contribution < -0.4 is 0 Å². The Morgan fingerprint density at radius 1 is 1.45 bits per heavy atom. The Bertz CT molecular complexity index is 162. The number of carbonyl (C=O) groups excluding carboxylic acids is 2. The molecule has 1 rings (SSSR count). The smallest absolute Gasteiger partial charge is 0.132 e. The number of hydrogen-bond donors (Lipinski definition) is 0. The summed E-state index contributed by atoms with van der Waals surface area (Å²) in [5.41, 5.74) is 0. The highest BCUT2D eigenvalue weighted by molar-refractivity contribution is 5.80. The summed E-state index contributed by atoms with van der Waals surface area (Å²) in [5.74, 6) is 1.11. The number of carbonyl (C=O) groups is 2. The zero-order chi connectivity index (χ0) is 8.27. The average Bonchev–Trinajstić information content (AvgIpc) is 1.93. The lowest BCUT2D eigenvalue weighted by Gasteiger charge is -2.18. The Kier molecular flexibility index (Phi) is 2.80. The van der Waals surface area contributed by atoms with Crippen molar-refractivity contribution in [2.75, 3.05) is 0 Å². The highest BCUT2D eigenvalue weighted by atomic mass is 16.1. The van der Waals surface area contributed by atoms with Gasteiger partial charge in [-0.1, -0.05) is 0 Å². The quantitative estimate of drug-likeness (QED) is 0.607. The van der Waals surface area contributed by atoms with Crippen molar-refractivity contribution in [2.45, 2.75) is 39.0 Å². The van der Waals surface area contributed by atoms with Gasteiger partial charge in [0.15, 0.2) is 0 Å². The van der Waals surface area contributed by atoms with E-state index >= 15 is 0 Å². The zero-order valence-corrected chi connectivity index (χ0v) is 6.93. The van der Waals surface area contributed by atoms with Crippen molar-refractivity contribution in [2.24, 2.45) is 5.92 Å². The Morgan fingerprint density at radius 2 is 2.00 bits per heavy atom. The fraction of sp³-hybridized carbons (Fsp3) is 0.778. The summed E-state index contributed by atoms with van der Waals surface area (Å²) in [4.78, 5) is 21.5. The maximum Gasteiger partial charge on any atom is 0.132 e. The molecule has 0 amide bonds. The molecule has 0 N–H and O–H groups in total. The van der Waals surface area contributed by atoms with Gasteiger partial charge < -0.3 is 4.79 Å². The van der Waals surface area contributed by atoms with Crippen LogP contribution in [0.1, 0.15) is 39.0 Å². The van der Waals surface area contributed by atoms with E-state index in [0.717, 1.165) is 12.8 Å². The van der Waals surface area contributed by atoms with Crippen LogP contribution in [0.5, 0.6) is 0 Å². The van der Waals surface area contributed by atoms with Crippen molar-refractivity contribution in [1.82, 2.24) is 0 Å². The second-order valence-corrected chi connectivity index (χ2v) is 3.39. The minimum absolute atomic E-state index is 0.254. The van der Waals surface area contributed by atoms with Crippen LogP contribution >= 0.6 is 0 Å². The summed E-state index contributed by atoms with van der Waals surface area (Å²) >= 11 is 0. The molecular weight excluding hydrogens is 140 g/mol. The molecule has 0 aromatic carbocycles. The molecule has 2 heteroatoms. The van der Waals surface area contributed by atoms with Gasteiger partial charge in [-0.2, -0.15) is 0 Å². The predicted octanol–water partition coefficient (Wildman–Crippen LogP) is 1.72. The minimum atomic E-state index is 0.254. The fourth-order valence-corrected chi connectivity index (χ4v) is 1.61. The SMILES string of the molecule is CC(=O)CC1CCC(=O)CC1.